The van der Waals surface area contributed by atoms with Gasteiger partial charge in [-0.1, -0.05) is 37.5 Å². The molecule has 4 nitrogen and oxygen atoms in total. The van der Waals surface area contributed by atoms with Crippen LogP contribution in [0.3, 0.4) is 0 Å². The quantitative estimate of drug-likeness (QED) is 0.816. The van der Waals surface area contributed by atoms with E-state index >= 15 is 0 Å². The van der Waals surface area contributed by atoms with E-state index in [1.54, 1.807) is 18.2 Å². The van der Waals surface area contributed by atoms with Gasteiger partial charge in [-0.2, -0.15) is 0 Å². The minimum atomic E-state index is -3.28. The van der Waals surface area contributed by atoms with Crippen LogP contribution in [-0.2, 0) is 15.6 Å². The Bertz CT molecular complexity index is 918. The molecule has 0 spiro atoms. The summed E-state index contributed by atoms with van der Waals surface area (Å²) in [5, 5.41) is 2.11. The predicted molar refractivity (Wildman–Crippen MR) is 100 cm³/mol. The number of hydrogen-bond acceptors (Lipinski definition) is 3. The van der Waals surface area contributed by atoms with E-state index in [4.69, 9.17) is 0 Å². The largest absolute Gasteiger partial charge is 0.322 e. The molecule has 2 aromatic rings. The van der Waals surface area contributed by atoms with Crippen molar-refractivity contribution in [1.29, 1.82) is 0 Å². The molecule has 144 valence electrons. The van der Waals surface area contributed by atoms with E-state index in [0.717, 1.165) is 31.4 Å². The Balaban J connectivity index is 1.75. The van der Waals surface area contributed by atoms with Gasteiger partial charge in [-0.15, -0.1) is 0 Å². The van der Waals surface area contributed by atoms with E-state index in [1.807, 2.05) is 0 Å². The van der Waals surface area contributed by atoms with Crippen LogP contribution >= 0.6 is 0 Å². The van der Waals surface area contributed by atoms with Crippen molar-refractivity contribution in [3.63, 3.8) is 0 Å². The van der Waals surface area contributed by atoms with Crippen molar-refractivity contribution in [3.05, 3.63) is 65.2 Å². The van der Waals surface area contributed by atoms with Crippen LogP contribution in [-0.4, -0.2) is 19.6 Å². The van der Waals surface area contributed by atoms with E-state index in [1.165, 1.54) is 12.1 Å². The van der Waals surface area contributed by atoms with Gasteiger partial charge < -0.3 is 5.32 Å². The van der Waals surface area contributed by atoms with Crippen LogP contribution in [0, 0.1) is 11.6 Å². The highest BCUT2D eigenvalue weighted by molar-refractivity contribution is 7.91. The summed E-state index contributed by atoms with van der Waals surface area (Å²) < 4.78 is 52.7. The normalized spacial score (nSPS) is 15.5. The van der Waals surface area contributed by atoms with Crippen molar-refractivity contribution >= 4 is 21.4 Å². The molecule has 7 heteroatoms. The second-order valence-corrected chi connectivity index (χ2v) is 9.10. The van der Waals surface area contributed by atoms with Gasteiger partial charge in [0.2, 0.25) is 0 Å². The monoisotopic (exact) mass is 393 g/mol. The maximum Gasteiger partial charge on any atom is 0.261 e. The molecular formula is C20H21F2NO3S. The van der Waals surface area contributed by atoms with Crippen molar-refractivity contribution in [2.24, 2.45) is 0 Å². The van der Waals surface area contributed by atoms with E-state index in [2.05, 4.69) is 5.32 Å². The first-order valence-electron chi connectivity index (χ1n) is 8.93. The molecule has 0 unspecified atom stereocenters. The third kappa shape index (κ3) is 4.71. The first kappa shape index (κ1) is 19.5. The van der Waals surface area contributed by atoms with Crippen LogP contribution in [0.15, 0.2) is 42.5 Å². The van der Waals surface area contributed by atoms with Crippen LogP contribution in [0.25, 0.3) is 0 Å². The number of sulfone groups is 1. The Kier molecular flexibility index (Phi) is 5.89. The lowest BCUT2D eigenvalue weighted by molar-refractivity contribution is 0.101. The van der Waals surface area contributed by atoms with Gasteiger partial charge in [-0.25, -0.2) is 17.2 Å². The molecule has 0 atom stereocenters. The van der Waals surface area contributed by atoms with Crippen LogP contribution in [0.4, 0.5) is 14.5 Å². The SMILES string of the molecule is O=C(Nc1cccc(CS(=O)(=O)C2CCCCC2)c1)c1c(F)cccc1F. The number of carbonyl (C=O) groups excluding carboxylic acids is 1. The molecule has 0 saturated heterocycles. The summed E-state index contributed by atoms with van der Waals surface area (Å²) in [7, 11) is -3.28. The zero-order valence-electron chi connectivity index (χ0n) is 14.8. The summed E-state index contributed by atoms with van der Waals surface area (Å²) in [6.45, 7) is 0. The summed E-state index contributed by atoms with van der Waals surface area (Å²) in [6.07, 6.45) is 4.29. The summed E-state index contributed by atoms with van der Waals surface area (Å²) in [5.74, 6) is -2.94. The lowest BCUT2D eigenvalue weighted by Gasteiger charge is -2.21. The van der Waals surface area contributed by atoms with E-state index < -0.39 is 32.9 Å². The summed E-state index contributed by atoms with van der Waals surface area (Å²) in [4.78, 5) is 12.2. The highest BCUT2D eigenvalue weighted by Gasteiger charge is 2.27. The second-order valence-electron chi connectivity index (χ2n) is 6.82. The minimum absolute atomic E-state index is 0.116. The molecule has 0 bridgehead atoms. The highest BCUT2D eigenvalue weighted by atomic mass is 32.2. The Hall–Kier alpha value is -2.28. The number of amides is 1. The Morgan fingerprint density at radius 2 is 1.63 bits per heavy atom. The van der Waals surface area contributed by atoms with Gasteiger partial charge in [-0.05, 0) is 42.7 Å². The fourth-order valence-electron chi connectivity index (χ4n) is 3.42. The third-order valence-electron chi connectivity index (χ3n) is 4.80. The van der Waals surface area contributed by atoms with Gasteiger partial charge in [-0.3, -0.25) is 4.79 Å². The maximum atomic E-state index is 13.7. The summed E-state index contributed by atoms with van der Waals surface area (Å²) in [6, 6.07) is 9.54. The van der Waals surface area contributed by atoms with Crippen molar-refractivity contribution in [3.8, 4) is 0 Å². The molecule has 0 heterocycles. The van der Waals surface area contributed by atoms with Crippen LogP contribution in [0.5, 0.6) is 0 Å². The smallest absolute Gasteiger partial charge is 0.261 e. The lowest BCUT2D eigenvalue weighted by Crippen LogP contribution is -2.25. The molecule has 2 aromatic carbocycles. The Labute approximate surface area is 157 Å². The maximum absolute atomic E-state index is 13.7. The molecule has 1 aliphatic carbocycles. The highest BCUT2D eigenvalue weighted by Crippen LogP contribution is 2.27. The molecule has 27 heavy (non-hydrogen) atoms. The summed E-state index contributed by atoms with van der Waals surface area (Å²) >= 11 is 0. The number of halogens is 2. The molecular weight excluding hydrogens is 372 g/mol. The van der Waals surface area contributed by atoms with Crippen LogP contribution in [0.2, 0.25) is 0 Å². The predicted octanol–water partition coefficient (Wildman–Crippen LogP) is 4.46. The topological polar surface area (TPSA) is 63.2 Å². The zero-order chi connectivity index (χ0) is 19.4. The van der Waals surface area contributed by atoms with Crippen molar-refractivity contribution in [2.75, 3.05) is 5.32 Å². The van der Waals surface area contributed by atoms with E-state index in [0.29, 0.717) is 24.1 Å². The standard InChI is InChI=1S/C20H21F2NO3S/c21-17-10-5-11-18(22)19(17)20(24)23-15-7-4-6-14(12-15)13-27(25,26)16-8-2-1-3-9-16/h4-7,10-12,16H,1-3,8-9,13H2,(H,23,24). The fraction of sp³-hybridized carbons (Fsp3) is 0.350. The first-order chi connectivity index (χ1) is 12.9. The number of nitrogens with one attached hydrogen (secondary N) is 1. The Morgan fingerprint density at radius 1 is 1.00 bits per heavy atom. The van der Waals surface area contributed by atoms with Gasteiger partial charge in [0.15, 0.2) is 9.84 Å². The first-order valence-corrected chi connectivity index (χ1v) is 10.6. The van der Waals surface area contributed by atoms with E-state index in [-0.39, 0.29) is 11.0 Å². The van der Waals surface area contributed by atoms with E-state index in [9.17, 15) is 22.0 Å². The van der Waals surface area contributed by atoms with Crippen molar-refractivity contribution in [2.45, 2.75) is 43.1 Å². The molecule has 3 rings (SSSR count). The Morgan fingerprint density at radius 3 is 2.30 bits per heavy atom. The van der Waals surface area contributed by atoms with Crippen molar-refractivity contribution in [1.82, 2.24) is 0 Å². The second kappa shape index (κ2) is 8.17. The lowest BCUT2D eigenvalue weighted by atomic mass is 10.0. The minimum Gasteiger partial charge on any atom is -0.322 e. The molecule has 1 fully saturated rings. The fourth-order valence-corrected chi connectivity index (χ4v) is 5.35. The number of hydrogen-bond donors (Lipinski definition) is 1. The number of benzene rings is 2. The molecule has 0 radical (unpaired) electrons. The zero-order valence-corrected chi connectivity index (χ0v) is 15.6. The molecule has 1 saturated carbocycles. The third-order valence-corrected chi connectivity index (χ3v) is 7.03. The number of carbonyl (C=O) groups is 1. The molecule has 1 N–H and O–H groups in total. The number of rotatable bonds is 5. The van der Waals surface area contributed by atoms with Gasteiger partial charge in [0.05, 0.1) is 11.0 Å². The summed E-state index contributed by atoms with van der Waals surface area (Å²) in [5.41, 5.74) is 0.157. The van der Waals surface area contributed by atoms with Crippen LogP contribution in [0.1, 0.15) is 48.0 Å². The van der Waals surface area contributed by atoms with Gasteiger partial charge in [0.25, 0.3) is 5.91 Å². The van der Waals surface area contributed by atoms with Gasteiger partial charge in [0.1, 0.15) is 17.2 Å². The average Bonchev–Trinajstić information content (AvgIpc) is 2.62. The molecule has 0 aliphatic heterocycles. The molecule has 1 aliphatic rings. The average molecular weight is 393 g/mol. The van der Waals surface area contributed by atoms with Crippen LogP contribution < -0.4 is 5.32 Å². The molecule has 0 aromatic heterocycles. The van der Waals surface area contributed by atoms with Gasteiger partial charge >= 0.3 is 0 Å². The van der Waals surface area contributed by atoms with Gasteiger partial charge in [0, 0.05) is 5.69 Å². The number of anilines is 1. The van der Waals surface area contributed by atoms with Crippen molar-refractivity contribution < 1.29 is 22.0 Å². The molecule has 1 amide bonds.